The molecule has 0 saturated carbocycles. The first kappa shape index (κ1) is 23.6. The monoisotopic (exact) mass is 498 g/mol. The van der Waals surface area contributed by atoms with Gasteiger partial charge < -0.3 is 8.92 Å². The van der Waals surface area contributed by atoms with Gasteiger partial charge in [-0.15, -0.1) is 24.5 Å². The van der Waals surface area contributed by atoms with Crippen LogP contribution < -0.4 is 14.3 Å². The first-order valence-electron chi connectivity index (χ1n) is 10.2. The van der Waals surface area contributed by atoms with E-state index in [0.717, 1.165) is 29.3 Å². The lowest BCUT2D eigenvalue weighted by atomic mass is 9.77. The zero-order valence-electron chi connectivity index (χ0n) is 17.9. The number of benzene rings is 2. The molecule has 10 heteroatoms. The van der Waals surface area contributed by atoms with Crippen LogP contribution in [0.1, 0.15) is 36.3 Å². The Labute approximate surface area is 192 Å². The van der Waals surface area contributed by atoms with Crippen molar-refractivity contribution in [3.8, 4) is 11.5 Å². The molecule has 5 nitrogen and oxygen atoms in total. The van der Waals surface area contributed by atoms with Crippen molar-refractivity contribution in [2.45, 2.75) is 45.2 Å². The van der Waals surface area contributed by atoms with Gasteiger partial charge in [0.05, 0.1) is 0 Å². The summed E-state index contributed by atoms with van der Waals surface area (Å²) in [6, 6.07) is 9.38. The van der Waals surface area contributed by atoms with Crippen LogP contribution in [-0.4, -0.2) is 14.8 Å². The van der Waals surface area contributed by atoms with E-state index in [9.17, 15) is 26.4 Å². The predicted octanol–water partition coefficient (Wildman–Crippen LogP) is 5.58. The second kappa shape index (κ2) is 8.32. The molecule has 0 fully saturated rings. The van der Waals surface area contributed by atoms with Crippen molar-refractivity contribution < 1.29 is 30.5 Å². The fourth-order valence-electron chi connectivity index (χ4n) is 3.91. The van der Waals surface area contributed by atoms with Crippen molar-refractivity contribution in [1.29, 1.82) is 0 Å². The minimum Gasteiger partial charge on any atom is -0.405 e. The summed E-state index contributed by atoms with van der Waals surface area (Å²) in [6.45, 7) is 4.29. The van der Waals surface area contributed by atoms with Crippen LogP contribution in [0.3, 0.4) is 0 Å². The molecule has 0 unspecified atom stereocenters. The molecule has 0 spiro atoms. The number of halogens is 3. The summed E-state index contributed by atoms with van der Waals surface area (Å²) >= 11 is 1.44. The van der Waals surface area contributed by atoms with Crippen molar-refractivity contribution in [3.05, 3.63) is 68.7 Å². The minimum absolute atomic E-state index is 0.0117. The molecule has 176 valence electrons. The number of para-hydroxylation sites is 1. The molecule has 3 aromatic rings. The van der Waals surface area contributed by atoms with E-state index in [1.54, 1.807) is 0 Å². The average molecular weight is 499 g/mol. The first-order chi connectivity index (χ1) is 15.3. The maximum absolute atomic E-state index is 12.9. The maximum Gasteiger partial charge on any atom is 0.573 e. The SMILES string of the molecule is CC1(C)CCc2c(sc3cc(OS(=O)(=O)Cc4ccccc4OC(F)(F)F)ccc3c2=O)C1. The van der Waals surface area contributed by atoms with E-state index in [1.165, 1.54) is 47.7 Å². The smallest absolute Gasteiger partial charge is 0.405 e. The lowest BCUT2D eigenvalue weighted by molar-refractivity contribution is -0.274. The molecule has 2 aromatic carbocycles. The Hall–Kier alpha value is -2.59. The summed E-state index contributed by atoms with van der Waals surface area (Å²) in [5.74, 6) is -1.43. The third-order valence-electron chi connectivity index (χ3n) is 5.49. The van der Waals surface area contributed by atoms with Crippen LogP contribution in [0, 0.1) is 5.41 Å². The Balaban J connectivity index is 1.62. The Morgan fingerprint density at radius 2 is 1.85 bits per heavy atom. The Morgan fingerprint density at radius 1 is 1.12 bits per heavy atom. The lowest BCUT2D eigenvalue weighted by Gasteiger charge is -2.30. The van der Waals surface area contributed by atoms with Crippen LogP contribution in [0.4, 0.5) is 13.2 Å². The van der Waals surface area contributed by atoms with Gasteiger partial charge in [0, 0.05) is 26.1 Å². The van der Waals surface area contributed by atoms with Crippen LogP contribution in [0.25, 0.3) is 10.1 Å². The highest BCUT2D eigenvalue weighted by molar-refractivity contribution is 7.86. The molecule has 1 aliphatic rings. The quantitative estimate of drug-likeness (QED) is 0.430. The molecule has 0 amide bonds. The highest BCUT2D eigenvalue weighted by Crippen LogP contribution is 2.38. The largest absolute Gasteiger partial charge is 0.573 e. The molecular weight excluding hydrogens is 477 g/mol. The van der Waals surface area contributed by atoms with E-state index < -0.39 is 28.0 Å². The highest BCUT2D eigenvalue weighted by atomic mass is 32.2. The fourth-order valence-corrected chi connectivity index (χ4v) is 6.47. The van der Waals surface area contributed by atoms with Crippen LogP contribution in [0.5, 0.6) is 11.5 Å². The van der Waals surface area contributed by atoms with Crippen LogP contribution in [-0.2, 0) is 28.7 Å². The van der Waals surface area contributed by atoms with E-state index in [0.29, 0.717) is 16.5 Å². The van der Waals surface area contributed by atoms with Crippen LogP contribution in [0.2, 0.25) is 0 Å². The third kappa shape index (κ3) is 5.50. The lowest BCUT2D eigenvalue weighted by Crippen LogP contribution is -2.26. The normalized spacial score (nSPS) is 15.8. The van der Waals surface area contributed by atoms with Gasteiger partial charge in [0.15, 0.2) is 5.43 Å². The van der Waals surface area contributed by atoms with Gasteiger partial charge in [0.2, 0.25) is 0 Å². The van der Waals surface area contributed by atoms with Crippen molar-refractivity contribution in [3.63, 3.8) is 0 Å². The zero-order valence-corrected chi connectivity index (χ0v) is 19.5. The van der Waals surface area contributed by atoms with Crippen molar-refractivity contribution >= 4 is 31.5 Å². The molecular formula is C23H21F3O5S2. The van der Waals surface area contributed by atoms with Gasteiger partial charge in [-0.05, 0) is 48.9 Å². The topological polar surface area (TPSA) is 69.7 Å². The number of hydrogen-bond donors (Lipinski definition) is 0. The Bertz CT molecular complexity index is 1380. The van der Waals surface area contributed by atoms with Crippen LogP contribution >= 0.6 is 11.3 Å². The van der Waals surface area contributed by atoms with E-state index in [4.69, 9.17) is 4.18 Å². The average Bonchev–Trinajstić information content (AvgIpc) is 2.67. The van der Waals surface area contributed by atoms with Crippen molar-refractivity contribution in [2.75, 3.05) is 0 Å². The molecule has 0 aliphatic heterocycles. The number of rotatable bonds is 5. The second-order valence-electron chi connectivity index (χ2n) is 8.77. The summed E-state index contributed by atoms with van der Waals surface area (Å²) in [6.07, 6.45) is -2.56. The number of ether oxygens (including phenoxy) is 1. The fraction of sp³-hybridized carbons (Fsp3) is 0.348. The highest BCUT2D eigenvalue weighted by Gasteiger charge is 2.33. The third-order valence-corrected chi connectivity index (χ3v) is 7.79. The van der Waals surface area contributed by atoms with Gasteiger partial charge >= 0.3 is 16.5 Å². The molecule has 4 rings (SSSR count). The summed E-state index contributed by atoms with van der Waals surface area (Å²) in [7, 11) is -4.30. The number of fused-ring (bicyclic) bond motifs is 2. The molecule has 1 aromatic heterocycles. The standard InChI is InChI=1S/C23H21F3O5S2/c1-22(2)10-9-17-20(12-22)32-19-11-15(7-8-16(19)21(17)27)31-33(28,29)13-14-5-3-4-6-18(14)30-23(24,25)26/h3-8,11H,9-10,12-13H2,1-2H3. The molecule has 0 N–H and O–H groups in total. The van der Waals surface area contributed by atoms with Gasteiger partial charge in [0.25, 0.3) is 0 Å². The number of hydrogen-bond acceptors (Lipinski definition) is 6. The van der Waals surface area contributed by atoms with E-state index in [2.05, 4.69) is 18.6 Å². The van der Waals surface area contributed by atoms with Gasteiger partial charge in [-0.3, -0.25) is 4.79 Å². The number of alkyl halides is 3. The summed E-state index contributed by atoms with van der Waals surface area (Å²) < 4.78 is 72.7. The molecule has 0 saturated heterocycles. The van der Waals surface area contributed by atoms with Gasteiger partial charge in [-0.1, -0.05) is 32.0 Å². The van der Waals surface area contributed by atoms with Crippen LogP contribution in [0.15, 0.2) is 47.3 Å². The summed E-state index contributed by atoms with van der Waals surface area (Å²) in [5, 5.41) is 0.493. The maximum atomic E-state index is 12.9. The first-order valence-corrected chi connectivity index (χ1v) is 12.6. The Morgan fingerprint density at radius 3 is 2.58 bits per heavy atom. The predicted molar refractivity (Wildman–Crippen MR) is 120 cm³/mol. The van der Waals surface area contributed by atoms with Gasteiger partial charge in [-0.2, -0.15) is 8.42 Å². The summed E-state index contributed by atoms with van der Waals surface area (Å²) in [5.41, 5.74) is 0.653. The van der Waals surface area contributed by atoms with E-state index in [1.807, 2.05) is 0 Å². The van der Waals surface area contributed by atoms with E-state index in [-0.39, 0.29) is 22.2 Å². The van der Waals surface area contributed by atoms with E-state index >= 15 is 0 Å². The van der Waals surface area contributed by atoms with Gasteiger partial charge in [-0.25, -0.2) is 0 Å². The molecule has 33 heavy (non-hydrogen) atoms. The Kier molecular flexibility index (Phi) is 5.94. The molecule has 0 bridgehead atoms. The zero-order chi connectivity index (χ0) is 24.0. The van der Waals surface area contributed by atoms with Crippen molar-refractivity contribution in [2.24, 2.45) is 5.41 Å². The molecule has 1 heterocycles. The second-order valence-corrected chi connectivity index (χ2v) is 11.5. The summed E-state index contributed by atoms with van der Waals surface area (Å²) in [4.78, 5) is 13.9. The van der Waals surface area contributed by atoms with Crippen molar-refractivity contribution in [1.82, 2.24) is 0 Å². The molecule has 1 aliphatic carbocycles. The minimum atomic E-state index is -4.95. The molecule has 0 atom stereocenters. The van der Waals surface area contributed by atoms with Gasteiger partial charge in [0.1, 0.15) is 17.3 Å². The molecule has 0 radical (unpaired) electrons.